The standard InChI is InChI=1S/C16H11F3IN5O/c17-16(18,19)11-3-1-2-10(8-11)15-22-24-25(23-15)9-14(26)21-13-6-4-12(20)5-7-13/h1-8H,9H2,(H,21,26). The second-order valence-corrected chi connectivity index (χ2v) is 6.52. The Kier molecular flexibility index (Phi) is 5.20. The van der Waals surface area contributed by atoms with Crippen LogP contribution in [0.15, 0.2) is 48.5 Å². The summed E-state index contributed by atoms with van der Waals surface area (Å²) in [4.78, 5) is 13.0. The van der Waals surface area contributed by atoms with E-state index in [2.05, 4.69) is 43.3 Å². The number of hydrogen-bond acceptors (Lipinski definition) is 4. The molecule has 0 aliphatic carbocycles. The first-order valence-corrected chi connectivity index (χ1v) is 8.40. The van der Waals surface area contributed by atoms with Crippen LogP contribution in [0.1, 0.15) is 5.56 Å². The molecule has 0 unspecified atom stereocenters. The van der Waals surface area contributed by atoms with E-state index in [1.54, 1.807) is 12.1 Å². The minimum atomic E-state index is -4.46. The first-order chi connectivity index (χ1) is 12.3. The summed E-state index contributed by atoms with van der Waals surface area (Å²) in [5.74, 6) is -0.364. The summed E-state index contributed by atoms with van der Waals surface area (Å²) in [7, 11) is 0. The number of nitrogens with one attached hydrogen (secondary N) is 1. The molecular weight excluding hydrogens is 462 g/mol. The van der Waals surface area contributed by atoms with Gasteiger partial charge in [0.1, 0.15) is 6.54 Å². The normalized spacial score (nSPS) is 11.4. The molecule has 0 spiro atoms. The topological polar surface area (TPSA) is 72.7 Å². The third-order valence-electron chi connectivity index (χ3n) is 3.31. The fourth-order valence-electron chi connectivity index (χ4n) is 2.12. The SMILES string of the molecule is O=C(Cn1nnc(-c2cccc(C(F)(F)F)c2)n1)Nc1ccc(I)cc1. The Morgan fingerprint density at radius 3 is 2.58 bits per heavy atom. The molecule has 0 aliphatic heterocycles. The third kappa shape index (κ3) is 4.56. The molecule has 0 fully saturated rings. The lowest BCUT2D eigenvalue weighted by Gasteiger charge is -2.06. The van der Waals surface area contributed by atoms with E-state index in [9.17, 15) is 18.0 Å². The zero-order valence-corrected chi connectivity index (χ0v) is 15.2. The molecule has 1 aromatic heterocycles. The van der Waals surface area contributed by atoms with Crippen LogP contribution in [0.25, 0.3) is 11.4 Å². The molecule has 0 saturated heterocycles. The van der Waals surface area contributed by atoms with Crippen LogP contribution in [-0.2, 0) is 17.5 Å². The third-order valence-corrected chi connectivity index (χ3v) is 4.03. The van der Waals surface area contributed by atoms with Crippen LogP contribution in [0.5, 0.6) is 0 Å². The Hall–Kier alpha value is -2.50. The van der Waals surface area contributed by atoms with Crippen LogP contribution in [0.3, 0.4) is 0 Å². The van der Waals surface area contributed by atoms with Gasteiger partial charge in [0.15, 0.2) is 0 Å². The fourth-order valence-corrected chi connectivity index (χ4v) is 2.48. The molecule has 2 aromatic carbocycles. The minimum absolute atomic E-state index is 0.0122. The summed E-state index contributed by atoms with van der Waals surface area (Å²) in [5.41, 5.74) is -0.0134. The van der Waals surface area contributed by atoms with Crippen LogP contribution in [0, 0.1) is 3.57 Å². The lowest BCUT2D eigenvalue weighted by Crippen LogP contribution is -2.20. The van der Waals surface area contributed by atoms with E-state index in [-0.39, 0.29) is 23.8 Å². The van der Waals surface area contributed by atoms with Crippen LogP contribution in [0.4, 0.5) is 18.9 Å². The van der Waals surface area contributed by atoms with E-state index in [1.165, 1.54) is 12.1 Å². The Morgan fingerprint density at radius 1 is 1.15 bits per heavy atom. The Labute approximate surface area is 159 Å². The average Bonchev–Trinajstić information content (AvgIpc) is 3.05. The second kappa shape index (κ2) is 7.40. The molecule has 0 radical (unpaired) electrons. The number of carbonyl (C=O) groups is 1. The number of amides is 1. The highest BCUT2D eigenvalue weighted by atomic mass is 127. The van der Waals surface area contributed by atoms with Gasteiger partial charge >= 0.3 is 6.18 Å². The average molecular weight is 473 g/mol. The number of alkyl halides is 3. The van der Waals surface area contributed by atoms with Gasteiger partial charge in [-0.15, -0.1) is 10.2 Å². The van der Waals surface area contributed by atoms with E-state index >= 15 is 0 Å². The van der Waals surface area contributed by atoms with Crippen molar-refractivity contribution in [1.82, 2.24) is 20.2 Å². The van der Waals surface area contributed by atoms with Crippen molar-refractivity contribution in [3.05, 3.63) is 57.7 Å². The first-order valence-electron chi connectivity index (χ1n) is 7.32. The van der Waals surface area contributed by atoms with Gasteiger partial charge in [0.2, 0.25) is 11.7 Å². The van der Waals surface area contributed by atoms with Crippen molar-refractivity contribution in [2.75, 3.05) is 5.32 Å². The number of halogens is 4. The minimum Gasteiger partial charge on any atom is -0.324 e. The molecule has 26 heavy (non-hydrogen) atoms. The van der Waals surface area contributed by atoms with E-state index < -0.39 is 11.7 Å². The summed E-state index contributed by atoms with van der Waals surface area (Å²) in [6, 6.07) is 11.8. The van der Waals surface area contributed by atoms with Gasteiger partial charge < -0.3 is 5.32 Å². The number of hydrogen-bond donors (Lipinski definition) is 1. The molecular formula is C16H11F3IN5O. The van der Waals surface area contributed by atoms with Crippen LogP contribution >= 0.6 is 22.6 Å². The van der Waals surface area contributed by atoms with Crippen molar-refractivity contribution in [1.29, 1.82) is 0 Å². The monoisotopic (exact) mass is 473 g/mol. The van der Waals surface area contributed by atoms with Crippen molar-refractivity contribution >= 4 is 34.2 Å². The van der Waals surface area contributed by atoms with Crippen molar-refractivity contribution in [2.24, 2.45) is 0 Å². The smallest absolute Gasteiger partial charge is 0.324 e. The van der Waals surface area contributed by atoms with Gasteiger partial charge in [-0.25, -0.2) is 0 Å². The van der Waals surface area contributed by atoms with Crippen molar-refractivity contribution in [2.45, 2.75) is 12.7 Å². The molecule has 0 saturated carbocycles. The van der Waals surface area contributed by atoms with Gasteiger partial charge in [0.05, 0.1) is 5.56 Å². The molecule has 3 rings (SSSR count). The largest absolute Gasteiger partial charge is 0.416 e. The number of benzene rings is 2. The van der Waals surface area contributed by atoms with Crippen LogP contribution in [0.2, 0.25) is 0 Å². The predicted molar refractivity (Wildman–Crippen MR) is 96.0 cm³/mol. The summed E-state index contributed by atoms with van der Waals surface area (Å²) in [5, 5.41) is 14.1. The maximum absolute atomic E-state index is 12.8. The molecule has 1 amide bonds. The number of tetrazole rings is 1. The van der Waals surface area contributed by atoms with Crippen molar-refractivity contribution < 1.29 is 18.0 Å². The van der Waals surface area contributed by atoms with Gasteiger partial charge in [-0.3, -0.25) is 4.79 Å². The molecule has 3 aromatic rings. The summed E-state index contributed by atoms with van der Waals surface area (Å²) < 4.78 is 39.4. The molecule has 134 valence electrons. The van der Waals surface area contributed by atoms with Gasteiger partial charge in [-0.2, -0.15) is 18.0 Å². The molecule has 10 heteroatoms. The quantitative estimate of drug-likeness (QED) is 0.588. The highest BCUT2D eigenvalue weighted by Crippen LogP contribution is 2.31. The molecule has 1 N–H and O–H groups in total. The molecule has 1 heterocycles. The van der Waals surface area contributed by atoms with Gasteiger partial charge in [0.25, 0.3) is 0 Å². The van der Waals surface area contributed by atoms with E-state index in [0.29, 0.717) is 5.69 Å². The van der Waals surface area contributed by atoms with Crippen molar-refractivity contribution in [3.63, 3.8) is 0 Å². The van der Waals surface area contributed by atoms with Crippen LogP contribution < -0.4 is 5.32 Å². The number of carbonyl (C=O) groups excluding carboxylic acids is 1. The fraction of sp³-hybridized carbons (Fsp3) is 0.125. The van der Waals surface area contributed by atoms with E-state index in [1.807, 2.05) is 12.1 Å². The number of aromatic nitrogens is 4. The predicted octanol–water partition coefficient (Wildman–Crippen LogP) is 3.60. The zero-order chi connectivity index (χ0) is 18.7. The highest BCUT2D eigenvalue weighted by Gasteiger charge is 2.30. The zero-order valence-electron chi connectivity index (χ0n) is 13.0. The molecule has 0 atom stereocenters. The number of rotatable bonds is 4. The lowest BCUT2D eigenvalue weighted by atomic mass is 10.1. The van der Waals surface area contributed by atoms with Gasteiger partial charge in [0, 0.05) is 14.8 Å². The Morgan fingerprint density at radius 2 is 1.88 bits per heavy atom. The summed E-state index contributed by atoms with van der Waals surface area (Å²) in [6.07, 6.45) is -4.46. The lowest BCUT2D eigenvalue weighted by molar-refractivity contribution is -0.137. The van der Waals surface area contributed by atoms with Crippen molar-refractivity contribution in [3.8, 4) is 11.4 Å². The maximum atomic E-state index is 12.8. The Bertz CT molecular complexity index is 924. The van der Waals surface area contributed by atoms with Gasteiger partial charge in [-0.1, -0.05) is 12.1 Å². The Balaban J connectivity index is 1.70. The summed E-state index contributed by atoms with van der Waals surface area (Å²) >= 11 is 2.15. The highest BCUT2D eigenvalue weighted by molar-refractivity contribution is 14.1. The maximum Gasteiger partial charge on any atom is 0.416 e. The van der Waals surface area contributed by atoms with E-state index in [4.69, 9.17) is 0 Å². The first kappa shape index (κ1) is 18.3. The second-order valence-electron chi connectivity index (χ2n) is 5.28. The molecule has 0 aliphatic rings. The van der Waals surface area contributed by atoms with Crippen LogP contribution in [-0.4, -0.2) is 26.1 Å². The number of nitrogens with zero attached hydrogens (tertiary/aromatic N) is 4. The van der Waals surface area contributed by atoms with E-state index in [0.717, 1.165) is 20.5 Å². The molecule has 6 nitrogen and oxygen atoms in total. The number of anilines is 1. The summed E-state index contributed by atoms with van der Waals surface area (Å²) in [6.45, 7) is -0.210. The van der Waals surface area contributed by atoms with Gasteiger partial charge in [-0.05, 0) is 64.2 Å². The molecule has 0 bridgehead atoms.